The van der Waals surface area contributed by atoms with Crippen LogP contribution in [-0.2, 0) is 11.3 Å². The van der Waals surface area contributed by atoms with E-state index >= 15 is 0 Å². The Balaban J connectivity index is 1.22. The van der Waals surface area contributed by atoms with Crippen LogP contribution in [0.5, 0.6) is 0 Å². The normalized spacial score (nSPS) is 19.8. The predicted octanol–water partition coefficient (Wildman–Crippen LogP) is 2.71. The van der Waals surface area contributed by atoms with E-state index in [2.05, 4.69) is 19.9 Å². The van der Waals surface area contributed by atoms with Crippen molar-refractivity contribution in [3.8, 4) is 10.7 Å². The lowest BCUT2D eigenvalue weighted by atomic mass is 9.94. The molecule has 0 spiro atoms. The van der Waals surface area contributed by atoms with Gasteiger partial charge in [-0.15, -0.1) is 11.3 Å². The second-order valence-corrected chi connectivity index (χ2v) is 8.79. The van der Waals surface area contributed by atoms with Gasteiger partial charge >= 0.3 is 0 Å². The van der Waals surface area contributed by atoms with E-state index in [1.807, 2.05) is 29.5 Å². The van der Waals surface area contributed by atoms with Crippen molar-refractivity contribution in [2.75, 3.05) is 39.8 Å². The van der Waals surface area contributed by atoms with Gasteiger partial charge in [0.25, 0.3) is 0 Å². The Morgan fingerprint density at radius 3 is 2.68 bits per heavy atom. The summed E-state index contributed by atoms with van der Waals surface area (Å²) in [5, 5.41) is 6.09. The number of carbonyl (C=O) groups is 1. The highest BCUT2D eigenvalue weighted by Crippen LogP contribution is 2.23. The molecule has 7 nitrogen and oxygen atoms in total. The summed E-state index contributed by atoms with van der Waals surface area (Å²) in [5.41, 5.74) is 0. The van der Waals surface area contributed by atoms with Crippen molar-refractivity contribution in [2.45, 2.75) is 44.7 Å². The number of piperazine rings is 1. The number of hydrogen-bond acceptors (Lipinski definition) is 7. The zero-order valence-electron chi connectivity index (χ0n) is 16.5. The number of rotatable bonds is 6. The molecule has 1 amide bonds. The van der Waals surface area contributed by atoms with Gasteiger partial charge in [-0.05, 0) is 24.3 Å². The number of nitrogens with zero attached hydrogens (tertiary/aromatic N) is 5. The monoisotopic (exact) mass is 403 g/mol. The van der Waals surface area contributed by atoms with E-state index < -0.39 is 0 Å². The minimum absolute atomic E-state index is 0.262. The third kappa shape index (κ3) is 4.79. The molecule has 28 heavy (non-hydrogen) atoms. The summed E-state index contributed by atoms with van der Waals surface area (Å²) >= 11 is 1.61. The Morgan fingerprint density at radius 2 is 1.96 bits per heavy atom. The molecular formula is C20H29N5O2S. The van der Waals surface area contributed by atoms with Crippen LogP contribution in [-0.4, -0.2) is 76.6 Å². The maximum absolute atomic E-state index is 12.6. The molecule has 0 atom stereocenters. The lowest BCUT2D eigenvalue weighted by Crippen LogP contribution is -2.50. The van der Waals surface area contributed by atoms with Gasteiger partial charge in [0, 0.05) is 39.3 Å². The van der Waals surface area contributed by atoms with Crippen molar-refractivity contribution in [2.24, 2.45) is 0 Å². The fraction of sp³-hybridized carbons (Fsp3) is 0.650. The summed E-state index contributed by atoms with van der Waals surface area (Å²) in [6, 6.07) is 4.43. The largest absolute Gasteiger partial charge is 0.342 e. The molecule has 0 radical (unpaired) electrons. The lowest BCUT2D eigenvalue weighted by molar-refractivity contribution is -0.134. The number of hydrogen-bond donors (Lipinski definition) is 0. The zero-order chi connectivity index (χ0) is 19.3. The first-order valence-corrected chi connectivity index (χ1v) is 11.1. The Bertz CT molecular complexity index is 748. The first-order chi connectivity index (χ1) is 13.7. The molecule has 152 valence electrons. The summed E-state index contributed by atoms with van der Waals surface area (Å²) < 4.78 is 5.41. The van der Waals surface area contributed by atoms with Crippen molar-refractivity contribution >= 4 is 17.2 Å². The average molecular weight is 404 g/mol. The maximum atomic E-state index is 12.6. The highest BCUT2D eigenvalue weighted by atomic mass is 32.1. The molecule has 2 aromatic heterocycles. The van der Waals surface area contributed by atoms with Crippen molar-refractivity contribution < 1.29 is 9.32 Å². The summed E-state index contributed by atoms with van der Waals surface area (Å²) in [7, 11) is 1.98. The van der Waals surface area contributed by atoms with Crippen LogP contribution >= 0.6 is 11.3 Å². The van der Waals surface area contributed by atoms with E-state index in [9.17, 15) is 4.79 Å². The molecule has 2 fully saturated rings. The second kappa shape index (κ2) is 9.15. The molecule has 2 aromatic rings. The van der Waals surface area contributed by atoms with E-state index in [4.69, 9.17) is 4.52 Å². The number of amides is 1. The number of carbonyl (C=O) groups excluding carboxylic acids is 1. The van der Waals surface area contributed by atoms with Gasteiger partial charge in [0.05, 0.1) is 18.0 Å². The van der Waals surface area contributed by atoms with Crippen LogP contribution in [0.3, 0.4) is 0 Å². The third-order valence-corrected chi connectivity index (χ3v) is 6.77. The van der Waals surface area contributed by atoms with Crippen molar-refractivity contribution in [3.05, 3.63) is 23.4 Å². The topological polar surface area (TPSA) is 65.7 Å². The molecule has 2 aliphatic rings. The van der Waals surface area contributed by atoms with Crippen LogP contribution < -0.4 is 0 Å². The molecule has 0 aromatic carbocycles. The van der Waals surface area contributed by atoms with E-state index in [0.29, 0.717) is 30.8 Å². The minimum atomic E-state index is 0.262. The maximum Gasteiger partial charge on any atom is 0.241 e. The van der Waals surface area contributed by atoms with Gasteiger partial charge in [-0.25, -0.2) is 0 Å². The Labute approximate surface area is 170 Å². The second-order valence-electron chi connectivity index (χ2n) is 7.84. The van der Waals surface area contributed by atoms with Gasteiger partial charge < -0.3 is 9.42 Å². The molecule has 0 N–H and O–H groups in total. The molecular weight excluding hydrogens is 374 g/mol. The first-order valence-electron chi connectivity index (χ1n) is 10.3. The SMILES string of the molecule is CN(C(=O)CN1CCN(Cc2nc(-c3cccs3)no2)CC1)C1CCCCC1. The van der Waals surface area contributed by atoms with Crippen molar-refractivity contribution in [3.63, 3.8) is 0 Å². The summed E-state index contributed by atoms with van der Waals surface area (Å²) in [4.78, 5) is 24.8. The minimum Gasteiger partial charge on any atom is -0.342 e. The molecule has 8 heteroatoms. The first kappa shape index (κ1) is 19.5. The Kier molecular flexibility index (Phi) is 6.39. The van der Waals surface area contributed by atoms with Gasteiger partial charge in [-0.1, -0.05) is 30.5 Å². The van der Waals surface area contributed by atoms with Gasteiger partial charge in [0.15, 0.2) is 0 Å². The third-order valence-electron chi connectivity index (χ3n) is 5.91. The Hall–Kier alpha value is -1.77. The van der Waals surface area contributed by atoms with E-state index in [1.165, 1.54) is 19.3 Å². The summed E-state index contributed by atoms with van der Waals surface area (Å²) in [6.07, 6.45) is 6.15. The fourth-order valence-corrected chi connectivity index (χ4v) is 4.75. The smallest absolute Gasteiger partial charge is 0.241 e. The molecule has 0 unspecified atom stereocenters. The number of likely N-dealkylation sites (N-methyl/N-ethyl adjacent to an activating group) is 1. The molecule has 1 saturated heterocycles. The molecule has 4 rings (SSSR count). The molecule has 3 heterocycles. The summed E-state index contributed by atoms with van der Waals surface area (Å²) in [5.74, 6) is 1.59. The summed E-state index contributed by atoms with van der Waals surface area (Å²) in [6.45, 7) is 4.83. The quantitative estimate of drug-likeness (QED) is 0.739. The average Bonchev–Trinajstić information content (AvgIpc) is 3.41. The van der Waals surface area contributed by atoms with Crippen LogP contribution in [0.25, 0.3) is 10.7 Å². The molecule has 1 saturated carbocycles. The van der Waals surface area contributed by atoms with Gasteiger partial charge in [0.2, 0.25) is 17.6 Å². The van der Waals surface area contributed by atoms with Gasteiger partial charge in [0.1, 0.15) is 0 Å². The fourth-order valence-electron chi connectivity index (χ4n) is 4.10. The molecule has 0 bridgehead atoms. The zero-order valence-corrected chi connectivity index (χ0v) is 17.4. The standard InChI is InChI=1S/C20H29N5O2S/c1-23(16-6-3-2-4-7-16)19(26)15-25-11-9-24(10-12-25)14-18-21-20(22-27-18)17-8-5-13-28-17/h5,8,13,16H,2-4,6-7,9-12,14-15H2,1H3. The molecule has 1 aliphatic heterocycles. The predicted molar refractivity (Wildman–Crippen MR) is 109 cm³/mol. The van der Waals surface area contributed by atoms with Gasteiger partial charge in [-0.3, -0.25) is 14.6 Å². The van der Waals surface area contributed by atoms with Crippen LogP contribution in [0.1, 0.15) is 38.0 Å². The van der Waals surface area contributed by atoms with Crippen molar-refractivity contribution in [1.82, 2.24) is 24.8 Å². The van der Waals surface area contributed by atoms with E-state index in [-0.39, 0.29) is 5.91 Å². The highest BCUT2D eigenvalue weighted by Gasteiger charge is 2.25. The van der Waals surface area contributed by atoms with Crippen LogP contribution in [0.15, 0.2) is 22.0 Å². The van der Waals surface area contributed by atoms with Crippen LogP contribution in [0.4, 0.5) is 0 Å². The Morgan fingerprint density at radius 1 is 1.21 bits per heavy atom. The van der Waals surface area contributed by atoms with E-state index in [1.54, 1.807) is 11.3 Å². The lowest BCUT2D eigenvalue weighted by Gasteiger charge is -2.36. The number of thiophene rings is 1. The highest BCUT2D eigenvalue weighted by molar-refractivity contribution is 7.13. The van der Waals surface area contributed by atoms with Crippen LogP contribution in [0, 0.1) is 0 Å². The van der Waals surface area contributed by atoms with Crippen molar-refractivity contribution in [1.29, 1.82) is 0 Å². The van der Waals surface area contributed by atoms with Gasteiger partial charge in [-0.2, -0.15) is 4.98 Å². The number of aromatic nitrogens is 2. The molecule has 1 aliphatic carbocycles. The van der Waals surface area contributed by atoms with Crippen LogP contribution in [0.2, 0.25) is 0 Å². The van der Waals surface area contributed by atoms with E-state index in [0.717, 1.165) is 43.9 Å².